The van der Waals surface area contributed by atoms with E-state index >= 15 is 0 Å². The highest BCUT2D eigenvalue weighted by molar-refractivity contribution is 5.92. The molecule has 1 aromatic carbocycles. The van der Waals surface area contributed by atoms with Crippen LogP contribution in [0.25, 0.3) is 10.9 Å². The molecule has 1 heterocycles. The van der Waals surface area contributed by atoms with Crippen LogP contribution < -0.4 is 5.56 Å². The quantitative estimate of drug-likeness (QED) is 0.869. The van der Waals surface area contributed by atoms with Gasteiger partial charge in [-0.15, -0.1) is 0 Å². The van der Waals surface area contributed by atoms with Gasteiger partial charge in [-0.1, -0.05) is 12.1 Å². The Morgan fingerprint density at radius 1 is 1.48 bits per heavy atom. The number of benzene rings is 1. The van der Waals surface area contributed by atoms with Gasteiger partial charge in [-0.25, -0.2) is 4.98 Å². The van der Waals surface area contributed by atoms with E-state index in [4.69, 9.17) is 0 Å². The van der Waals surface area contributed by atoms with E-state index in [9.17, 15) is 14.7 Å². The number of hydrogen-bond donors (Lipinski definition) is 2. The average Bonchev–Trinajstić information content (AvgIpc) is 3.31. The molecule has 1 atom stereocenters. The first-order chi connectivity index (χ1) is 10.1. The summed E-state index contributed by atoms with van der Waals surface area (Å²) in [6.45, 7) is 0.250. The van der Waals surface area contributed by atoms with E-state index in [0.717, 1.165) is 12.8 Å². The van der Waals surface area contributed by atoms with Crippen LogP contribution in [0.15, 0.2) is 29.1 Å². The van der Waals surface area contributed by atoms with Crippen molar-refractivity contribution in [3.8, 4) is 0 Å². The van der Waals surface area contributed by atoms with Gasteiger partial charge in [0.2, 0.25) is 0 Å². The summed E-state index contributed by atoms with van der Waals surface area (Å²) in [6, 6.07) is 6.87. The lowest BCUT2D eigenvalue weighted by atomic mass is 10.2. The largest absolute Gasteiger partial charge is 0.391 e. The molecule has 1 unspecified atom stereocenters. The van der Waals surface area contributed by atoms with Crippen LogP contribution in [-0.2, 0) is 0 Å². The number of para-hydroxylation sites is 1. The van der Waals surface area contributed by atoms with E-state index in [0.29, 0.717) is 16.8 Å². The highest BCUT2D eigenvalue weighted by atomic mass is 16.3. The second-order valence-electron chi connectivity index (χ2n) is 5.52. The van der Waals surface area contributed by atoms with Crippen molar-refractivity contribution in [3.63, 3.8) is 0 Å². The minimum Gasteiger partial charge on any atom is -0.391 e. The lowest BCUT2D eigenvalue weighted by Gasteiger charge is -2.20. The number of carbonyl (C=O) groups is 1. The Hall–Kier alpha value is -2.21. The number of aromatic amines is 1. The summed E-state index contributed by atoms with van der Waals surface area (Å²) < 4.78 is 0. The maximum Gasteiger partial charge on any atom is 0.289 e. The molecule has 21 heavy (non-hydrogen) atoms. The van der Waals surface area contributed by atoms with E-state index in [1.165, 1.54) is 4.90 Å². The first-order valence-corrected chi connectivity index (χ1v) is 6.99. The minimum atomic E-state index is -0.508. The van der Waals surface area contributed by atoms with E-state index in [1.54, 1.807) is 31.3 Å². The number of rotatable bonds is 4. The van der Waals surface area contributed by atoms with Crippen LogP contribution in [-0.4, -0.2) is 45.6 Å². The van der Waals surface area contributed by atoms with E-state index in [-0.39, 0.29) is 17.9 Å². The standard InChI is InChI=1S/C15H17N3O3/c1-18(8-12(19)9-6-7-9)15(21)13-16-11-5-3-2-4-10(11)14(20)17-13/h2-5,9,12,19H,6-8H2,1H3,(H,16,17,20). The third-order valence-corrected chi connectivity index (χ3v) is 3.79. The first-order valence-electron chi connectivity index (χ1n) is 6.99. The first kappa shape index (κ1) is 13.8. The van der Waals surface area contributed by atoms with Crippen molar-refractivity contribution in [3.05, 3.63) is 40.4 Å². The molecule has 110 valence electrons. The van der Waals surface area contributed by atoms with Crippen molar-refractivity contribution < 1.29 is 9.90 Å². The Labute approximate surface area is 121 Å². The molecule has 6 heteroatoms. The summed E-state index contributed by atoms with van der Waals surface area (Å²) in [4.78, 5) is 32.4. The Balaban J connectivity index is 1.85. The molecule has 0 aliphatic heterocycles. The molecule has 2 aromatic rings. The number of carbonyl (C=O) groups excluding carboxylic acids is 1. The molecule has 1 aromatic heterocycles. The van der Waals surface area contributed by atoms with Crippen LogP contribution in [0.5, 0.6) is 0 Å². The number of H-pyrrole nitrogens is 1. The van der Waals surface area contributed by atoms with Gasteiger partial charge in [0.25, 0.3) is 11.5 Å². The van der Waals surface area contributed by atoms with Gasteiger partial charge in [0.15, 0.2) is 5.82 Å². The number of nitrogens with zero attached hydrogens (tertiary/aromatic N) is 2. The second kappa shape index (κ2) is 5.29. The summed E-state index contributed by atoms with van der Waals surface area (Å²) in [7, 11) is 1.60. The highest BCUT2D eigenvalue weighted by Crippen LogP contribution is 2.32. The number of aromatic nitrogens is 2. The summed E-state index contributed by atoms with van der Waals surface area (Å²) >= 11 is 0. The fraction of sp³-hybridized carbons (Fsp3) is 0.400. The smallest absolute Gasteiger partial charge is 0.289 e. The molecular formula is C15H17N3O3. The number of hydrogen-bond acceptors (Lipinski definition) is 4. The molecule has 1 saturated carbocycles. The Morgan fingerprint density at radius 2 is 2.19 bits per heavy atom. The molecule has 1 amide bonds. The zero-order valence-electron chi connectivity index (χ0n) is 11.7. The number of amides is 1. The Kier molecular flexibility index (Phi) is 3.47. The third-order valence-electron chi connectivity index (χ3n) is 3.79. The van der Waals surface area contributed by atoms with Crippen molar-refractivity contribution in [1.82, 2.24) is 14.9 Å². The fourth-order valence-corrected chi connectivity index (χ4v) is 2.36. The Bertz CT molecular complexity index is 736. The van der Waals surface area contributed by atoms with Gasteiger partial charge in [-0.2, -0.15) is 0 Å². The summed E-state index contributed by atoms with van der Waals surface area (Å²) in [5.41, 5.74) is 0.154. The van der Waals surface area contributed by atoms with Crippen LogP contribution >= 0.6 is 0 Å². The van der Waals surface area contributed by atoms with Crippen LogP contribution in [0, 0.1) is 5.92 Å². The van der Waals surface area contributed by atoms with E-state index < -0.39 is 12.0 Å². The molecule has 0 spiro atoms. The van der Waals surface area contributed by atoms with Gasteiger partial charge < -0.3 is 15.0 Å². The monoisotopic (exact) mass is 287 g/mol. The van der Waals surface area contributed by atoms with Gasteiger partial charge in [-0.05, 0) is 30.9 Å². The van der Waals surface area contributed by atoms with Crippen molar-refractivity contribution in [2.45, 2.75) is 18.9 Å². The average molecular weight is 287 g/mol. The molecule has 0 radical (unpaired) electrons. The molecule has 0 saturated heterocycles. The molecule has 6 nitrogen and oxygen atoms in total. The van der Waals surface area contributed by atoms with Crippen LogP contribution in [0.2, 0.25) is 0 Å². The molecule has 1 aliphatic rings. The second-order valence-corrected chi connectivity index (χ2v) is 5.52. The lowest BCUT2D eigenvalue weighted by molar-refractivity contribution is 0.0634. The Morgan fingerprint density at radius 3 is 2.90 bits per heavy atom. The maximum absolute atomic E-state index is 12.3. The van der Waals surface area contributed by atoms with E-state index in [1.807, 2.05) is 0 Å². The summed E-state index contributed by atoms with van der Waals surface area (Å²) in [5, 5.41) is 10.3. The summed E-state index contributed by atoms with van der Waals surface area (Å²) in [6.07, 6.45) is 1.51. The fourth-order valence-electron chi connectivity index (χ4n) is 2.36. The normalized spacial score (nSPS) is 15.9. The highest BCUT2D eigenvalue weighted by Gasteiger charge is 2.31. The number of nitrogens with one attached hydrogen (secondary N) is 1. The molecule has 1 aliphatic carbocycles. The topological polar surface area (TPSA) is 86.3 Å². The maximum atomic E-state index is 12.3. The van der Waals surface area contributed by atoms with Gasteiger partial charge in [0.05, 0.1) is 17.0 Å². The van der Waals surface area contributed by atoms with Gasteiger partial charge in [0, 0.05) is 13.6 Å². The molecule has 0 bridgehead atoms. The van der Waals surface area contributed by atoms with Crippen LogP contribution in [0.3, 0.4) is 0 Å². The van der Waals surface area contributed by atoms with Gasteiger partial charge in [-0.3, -0.25) is 9.59 Å². The SMILES string of the molecule is CN(CC(O)C1CC1)C(=O)c1nc2ccccc2c(=O)[nH]1. The number of aliphatic hydroxyl groups excluding tert-OH is 1. The predicted molar refractivity (Wildman–Crippen MR) is 78.1 cm³/mol. The van der Waals surface area contributed by atoms with Crippen LogP contribution in [0.1, 0.15) is 23.5 Å². The molecule has 3 rings (SSSR count). The third kappa shape index (κ3) is 2.80. The number of likely N-dealkylation sites (N-methyl/N-ethyl adjacent to an activating group) is 1. The summed E-state index contributed by atoms with van der Waals surface area (Å²) in [5.74, 6) is -0.0920. The predicted octanol–water partition coefficient (Wildman–Crippen LogP) is 0.766. The van der Waals surface area contributed by atoms with Crippen molar-refractivity contribution in [1.29, 1.82) is 0 Å². The van der Waals surface area contributed by atoms with Crippen LogP contribution in [0.4, 0.5) is 0 Å². The zero-order valence-corrected chi connectivity index (χ0v) is 11.7. The molecular weight excluding hydrogens is 270 g/mol. The van der Waals surface area contributed by atoms with E-state index in [2.05, 4.69) is 9.97 Å². The van der Waals surface area contributed by atoms with Gasteiger partial charge >= 0.3 is 0 Å². The molecule has 1 fully saturated rings. The zero-order chi connectivity index (χ0) is 15.0. The van der Waals surface area contributed by atoms with Crippen molar-refractivity contribution in [2.75, 3.05) is 13.6 Å². The minimum absolute atomic E-state index is 0.00389. The van der Waals surface area contributed by atoms with Crippen molar-refractivity contribution >= 4 is 16.8 Å². The number of aliphatic hydroxyl groups is 1. The van der Waals surface area contributed by atoms with Crippen molar-refractivity contribution in [2.24, 2.45) is 5.92 Å². The number of fused-ring (bicyclic) bond motifs is 1. The lowest BCUT2D eigenvalue weighted by Crippen LogP contribution is -2.36. The molecule has 2 N–H and O–H groups in total. The van der Waals surface area contributed by atoms with Gasteiger partial charge in [0.1, 0.15) is 0 Å².